The Balaban J connectivity index is 2.15. The van der Waals surface area contributed by atoms with Crippen molar-refractivity contribution in [3.05, 3.63) is 11.6 Å². The third-order valence-electron chi connectivity index (χ3n) is 2.62. The van der Waals surface area contributed by atoms with Crippen molar-refractivity contribution in [1.82, 2.24) is 10.6 Å². The molecule has 0 bridgehead atoms. The summed E-state index contributed by atoms with van der Waals surface area (Å²) in [5.74, 6) is 0.169. The molecule has 0 radical (unpaired) electrons. The molecule has 0 aromatic heterocycles. The van der Waals surface area contributed by atoms with Crippen molar-refractivity contribution in [2.24, 2.45) is 5.41 Å². The summed E-state index contributed by atoms with van der Waals surface area (Å²) in [7, 11) is 0. The van der Waals surface area contributed by atoms with Gasteiger partial charge < -0.3 is 10.6 Å². The van der Waals surface area contributed by atoms with E-state index in [-0.39, 0.29) is 11.3 Å². The summed E-state index contributed by atoms with van der Waals surface area (Å²) in [5, 5.41) is 6.27. The Morgan fingerprint density at radius 1 is 1.50 bits per heavy atom. The van der Waals surface area contributed by atoms with E-state index >= 15 is 0 Å². The molecule has 1 heterocycles. The minimum atomic E-state index is 0.0815. The zero-order valence-electron chi connectivity index (χ0n) is 10.7. The summed E-state index contributed by atoms with van der Waals surface area (Å²) in [6.45, 7) is 9.08. The Labute approximate surface area is 98.7 Å². The third kappa shape index (κ3) is 5.91. The van der Waals surface area contributed by atoms with Gasteiger partial charge in [0.05, 0.1) is 0 Å². The van der Waals surface area contributed by atoms with Crippen LogP contribution in [0.5, 0.6) is 0 Å². The summed E-state index contributed by atoms with van der Waals surface area (Å²) in [4.78, 5) is 11.6. The second-order valence-corrected chi connectivity index (χ2v) is 5.65. The molecule has 3 nitrogen and oxygen atoms in total. The maximum Gasteiger partial charge on any atom is 0.220 e. The number of nitrogens with one attached hydrogen (secondary N) is 2. The minimum Gasteiger partial charge on any atom is -0.356 e. The Hall–Kier alpha value is -0.830. The highest BCUT2D eigenvalue weighted by atomic mass is 16.1. The largest absolute Gasteiger partial charge is 0.356 e. The predicted molar refractivity (Wildman–Crippen MR) is 67.3 cm³/mol. The zero-order chi connectivity index (χ0) is 12.0. The smallest absolute Gasteiger partial charge is 0.220 e. The SMILES string of the molecule is CC(C)(C)CC(=O)NCCC1=CCNCC1. The van der Waals surface area contributed by atoms with Crippen LogP contribution in [0.4, 0.5) is 0 Å². The van der Waals surface area contributed by atoms with Crippen LogP contribution < -0.4 is 10.6 Å². The first-order chi connectivity index (χ1) is 7.47. The summed E-state index contributed by atoms with van der Waals surface area (Å²) in [6.07, 6.45) is 4.96. The van der Waals surface area contributed by atoms with E-state index in [2.05, 4.69) is 37.5 Å². The predicted octanol–water partition coefficient (Wildman–Crippen LogP) is 1.85. The van der Waals surface area contributed by atoms with Crippen molar-refractivity contribution in [2.75, 3.05) is 19.6 Å². The van der Waals surface area contributed by atoms with Gasteiger partial charge in [0.15, 0.2) is 0 Å². The van der Waals surface area contributed by atoms with Crippen molar-refractivity contribution in [1.29, 1.82) is 0 Å². The summed E-state index contributed by atoms with van der Waals surface area (Å²) in [5.41, 5.74) is 1.55. The van der Waals surface area contributed by atoms with Crippen molar-refractivity contribution in [3.8, 4) is 0 Å². The first kappa shape index (κ1) is 13.2. The van der Waals surface area contributed by atoms with Crippen LogP contribution in [-0.4, -0.2) is 25.5 Å². The molecule has 0 saturated carbocycles. The van der Waals surface area contributed by atoms with E-state index in [0.29, 0.717) is 6.42 Å². The van der Waals surface area contributed by atoms with Crippen LogP contribution in [0.1, 0.15) is 40.0 Å². The van der Waals surface area contributed by atoms with Gasteiger partial charge in [-0.25, -0.2) is 0 Å². The molecular formula is C13H24N2O. The average Bonchev–Trinajstić information content (AvgIpc) is 2.16. The van der Waals surface area contributed by atoms with Gasteiger partial charge in [0.25, 0.3) is 0 Å². The first-order valence-electron chi connectivity index (χ1n) is 6.13. The van der Waals surface area contributed by atoms with Gasteiger partial charge in [0, 0.05) is 19.5 Å². The van der Waals surface area contributed by atoms with Crippen molar-refractivity contribution in [2.45, 2.75) is 40.0 Å². The highest BCUT2D eigenvalue weighted by Crippen LogP contribution is 2.17. The van der Waals surface area contributed by atoms with Crippen LogP contribution in [0.2, 0.25) is 0 Å². The lowest BCUT2D eigenvalue weighted by atomic mass is 9.92. The molecule has 0 saturated heterocycles. The lowest BCUT2D eigenvalue weighted by molar-refractivity contribution is -0.122. The maximum absolute atomic E-state index is 11.6. The van der Waals surface area contributed by atoms with Gasteiger partial charge in [-0.3, -0.25) is 4.79 Å². The van der Waals surface area contributed by atoms with Gasteiger partial charge in [-0.1, -0.05) is 32.4 Å². The van der Waals surface area contributed by atoms with Crippen LogP contribution in [0.3, 0.4) is 0 Å². The van der Waals surface area contributed by atoms with E-state index in [1.807, 2.05) is 0 Å². The molecule has 0 aliphatic carbocycles. The molecule has 2 N–H and O–H groups in total. The fourth-order valence-corrected chi connectivity index (χ4v) is 1.80. The van der Waals surface area contributed by atoms with Crippen LogP contribution in [-0.2, 0) is 4.79 Å². The fourth-order valence-electron chi connectivity index (χ4n) is 1.80. The Morgan fingerprint density at radius 3 is 2.81 bits per heavy atom. The lowest BCUT2D eigenvalue weighted by Crippen LogP contribution is -2.29. The molecule has 3 heteroatoms. The topological polar surface area (TPSA) is 41.1 Å². The first-order valence-corrected chi connectivity index (χ1v) is 6.13. The highest BCUT2D eigenvalue weighted by molar-refractivity contribution is 5.76. The summed E-state index contributed by atoms with van der Waals surface area (Å²) >= 11 is 0. The molecule has 0 fully saturated rings. The number of carbonyl (C=O) groups excluding carboxylic acids is 1. The molecule has 1 aliphatic heterocycles. The minimum absolute atomic E-state index is 0.0815. The molecule has 0 aromatic carbocycles. The molecule has 16 heavy (non-hydrogen) atoms. The molecule has 1 rings (SSSR count). The molecule has 92 valence electrons. The average molecular weight is 224 g/mol. The second kappa shape index (κ2) is 6.04. The number of hydrogen-bond acceptors (Lipinski definition) is 2. The molecule has 0 spiro atoms. The van der Waals surface area contributed by atoms with Gasteiger partial charge in [0.1, 0.15) is 0 Å². The van der Waals surface area contributed by atoms with Gasteiger partial charge in [0.2, 0.25) is 5.91 Å². The van der Waals surface area contributed by atoms with Gasteiger partial charge in [-0.2, -0.15) is 0 Å². The van der Waals surface area contributed by atoms with E-state index in [1.165, 1.54) is 5.57 Å². The van der Waals surface area contributed by atoms with Crippen LogP contribution >= 0.6 is 0 Å². The Morgan fingerprint density at radius 2 is 2.25 bits per heavy atom. The lowest BCUT2D eigenvalue weighted by Gasteiger charge is -2.18. The highest BCUT2D eigenvalue weighted by Gasteiger charge is 2.15. The maximum atomic E-state index is 11.6. The number of hydrogen-bond donors (Lipinski definition) is 2. The standard InChI is InChI=1S/C13H24N2O/c1-13(2,3)10-12(16)15-9-6-11-4-7-14-8-5-11/h4,14H,5-10H2,1-3H3,(H,15,16). The van der Waals surface area contributed by atoms with E-state index in [0.717, 1.165) is 32.5 Å². The van der Waals surface area contributed by atoms with Crippen molar-refractivity contribution < 1.29 is 4.79 Å². The monoisotopic (exact) mass is 224 g/mol. The third-order valence-corrected chi connectivity index (χ3v) is 2.62. The van der Waals surface area contributed by atoms with Gasteiger partial charge in [-0.05, 0) is 24.8 Å². The Kier molecular flexibility index (Phi) is 5.00. The molecule has 0 unspecified atom stereocenters. The van der Waals surface area contributed by atoms with Crippen LogP contribution in [0.15, 0.2) is 11.6 Å². The van der Waals surface area contributed by atoms with Crippen LogP contribution in [0.25, 0.3) is 0 Å². The molecule has 1 amide bonds. The van der Waals surface area contributed by atoms with Gasteiger partial charge >= 0.3 is 0 Å². The molecule has 0 aromatic rings. The van der Waals surface area contributed by atoms with Crippen molar-refractivity contribution >= 4 is 5.91 Å². The van der Waals surface area contributed by atoms with E-state index < -0.39 is 0 Å². The van der Waals surface area contributed by atoms with Gasteiger partial charge in [-0.15, -0.1) is 0 Å². The Bertz CT molecular complexity index is 264. The number of rotatable bonds is 4. The van der Waals surface area contributed by atoms with Crippen molar-refractivity contribution in [3.63, 3.8) is 0 Å². The quantitative estimate of drug-likeness (QED) is 0.716. The molecular weight excluding hydrogens is 200 g/mol. The molecule has 1 aliphatic rings. The number of carbonyl (C=O) groups is 1. The van der Waals surface area contributed by atoms with E-state index in [1.54, 1.807) is 0 Å². The summed E-state index contributed by atoms with van der Waals surface area (Å²) < 4.78 is 0. The normalized spacial score (nSPS) is 16.8. The van der Waals surface area contributed by atoms with Crippen LogP contribution in [0, 0.1) is 5.41 Å². The number of amides is 1. The zero-order valence-corrected chi connectivity index (χ0v) is 10.7. The van der Waals surface area contributed by atoms with E-state index in [9.17, 15) is 4.79 Å². The second-order valence-electron chi connectivity index (χ2n) is 5.65. The van der Waals surface area contributed by atoms with E-state index in [4.69, 9.17) is 0 Å². The molecule has 0 atom stereocenters. The summed E-state index contributed by atoms with van der Waals surface area (Å²) in [6, 6.07) is 0. The fraction of sp³-hybridized carbons (Fsp3) is 0.769.